The van der Waals surface area contributed by atoms with Crippen LogP contribution >= 0.6 is 0 Å². The molecular formula is C19H14N2. The summed E-state index contributed by atoms with van der Waals surface area (Å²) in [6.45, 7) is 2.00. The number of pyridine rings is 2. The first-order chi connectivity index (χ1) is 10.3. The van der Waals surface area contributed by atoms with E-state index in [1.165, 1.54) is 16.2 Å². The Morgan fingerprint density at radius 3 is 2.48 bits per heavy atom. The molecule has 0 saturated carbocycles. The summed E-state index contributed by atoms with van der Waals surface area (Å²) >= 11 is 0. The van der Waals surface area contributed by atoms with Gasteiger partial charge in [0, 0.05) is 17.3 Å². The smallest absolute Gasteiger partial charge is 0.0892 e. The lowest BCUT2D eigenvalue weighted by Crippen LogP contribution is -1.90. The largest absolute Gasteiger partial charge is 0.254 e. The van der Waals surface area contributed by atoms with Crippen LogP contribution in [0.15, 0.2) is 66.9 Å². The average molecular weight is 270 g/mol. The van der Waals surface area contributed by atoms with Crippen molar-refractivity contribution in [3.05, 3.63) is 72.6 Å². The zero-order valence-corrected chi connectivity index (χ0v) is 11.7. The topological polar surface area (TPSA) is 25.8 Å². The number of hydrogen-bond acceptors (Lipinski definition) is 2. The molecule has 0 fully saturated rings. The summed E-state index contributed by atoms with van der Waals surface area (Å²) in [4.78, 5) is 9.13. The molecule has 4 rings (SSSR count). The van der Waals surface area contributed by atoms with Crippen molar-refractivity contribution in [2.24, 2.45) is 0 Å². The van der Waals surface area contributed by atoms with E-state index in [1.807, 2.05) is 31.3 Å². The van der Waals surface area contributed by atoms with Crippen LogP contribution in [-0.4, -0.2) is 9.97 Å². The molecule has 0 bridgehead atoms. The van der Waals surface area contributed by atoms with Crippen molar-refractivity contribution in [2.75, 3.05) is 0 Å². The fraction of sp³-hybridized carbons (Fsp3) is 0.0526. The van der Waals surface area contributed by atoms with Crippen LogP contribution in [0.5, 0.6) is 0 Å². The zero-order valence-electron chi connectivity index (χ0n) is 11.7. The fourth-order valence-electron chi connectivity index (χ4n) is 2.72. The Bertz CT molecular complexity index is 958. The SMILES string of the molecule is Cc1cccc(-c2cc3c(ccc4ccccc43)cn2)n1. The summed E-state index contributed by atoms with van der Waals surface area (Å²) in [6, 6.07) is 20.9. The Morgan fingerprint density at radius 2 is 1.57 bits per heavy atom. The van der Waals surface area contributed by atoms with Gasteiger partial charge in [0.2, 0.25) is 0 Å². The molecule has 0 aliphatic heterocycles. The summed E-state index contributed by atoms with van der Waals surface area (Å²) < 4.78 is 0. The second kappa shape index (κ2) is 4.67. The molecule has 21 heavy (non-hydrogen) atoms. The average Bonchev–Trinajstić information content (AvgIpc) is 2.54. The minimum atomic E-state index is 0.919. The molecule has 0 radical (unpaired) electrons. The lowest BCUT2D eigenvalue weighted by Gasteiger charge is -2.06. The maximum absolute atomic E-state index is 4.57. The van der Waals surface area contributed by atoms with Crippen molar-refractivity contribution in [1.82, 2.24) is 9.97 Å². The Morgan fingerprint density at radius 1 is 0.714 bits per heavy atom. The van der Waals surface area contributed by atoms with Crippen LogP contribution in [0, 0.1) is 6.92 Å². The highest BCUT2D eigenvalue weighted by molar-refractivity contribution is 6.07. The minimum absolute atomic E-state index is 0.919. The first-order valence-corrected chi connectivity index (χ1v) is 7.03. The van der Waals surface area contributed by atoms with Gasteiger partial charge < -0.3 is 0 Å². The molecular weight excluding hydrogens is 256 g/mol. The number of rotatable bonds is 1. The standard InChI is InChI=1S/C19H14N2/c1-13-5-4-8-18(21-13)19-11-17-15(12-20-19)10-9-14-6-2-3-7-16(14)17/h2-12H,1H3. The lowest BCUT2D eigenvalue weighted by molar-refractivity contribution is 1.18. The highest BCUT2D eigenvalue weighted by Crippen LogP contribution is 2.27. The Labute approximate surface area is 123 Å². The van der Waals surface area contributed by atoms with Gasteiger partial charge in [0.05, 0.1) is 11.4 Å². The molecule has 4 aromatic rings. The van der Waals surface area contributed by atoms with Crippen LogP contribution in [0.25, 0.3) is 32.9 Å². The molecule has 2 aromatic heterocycles. The van der Waals surface area contributed by atoms with Crippen molar-refractivity contribution in [1.29, 1.82) is 0 Å². The maximum atomic E-state index is 4.57. The van der Waals surface area contributed by atoms with Crippen molar-refractivity contribution in [2.45, 2.75) is 6.92 Å². The highest BCUT2D eigenvalue weighted by Gasteiger charge is 2.05. The van der Waals surface area contributed by atoms with Gasteiger partial charge in [-0.3, -0.25) is 9.97 Å². The van der Waals surface area contributed by atoms with E-state index < -0.39 is 0 Å². The number of fused-ring (bicyclic) bond motifs is 3. The van der Waals surface area contributed by atoms with E-state index in [0.29, 0.717) is 0 Å². The monoisotopic (exact) mass is 270 g/mol. The van der Waals surface area contributed by atoms with Crippen LogP contribution in [0.3, 0.4) is 0 Å². The number of aryl methyl sites for hydroxylation is 1. The molecule has 0 amide bonds. The fourth-order valence-corrected chi connectivity index (χ4v) is 2.72. The predicted molar refractivity (Wildman–Crippen MR) is 87.2 cm³/mol. The molecule has 0 N–H and O–H groups in total. The van der Waals surface area contributed by atoms with Crippen LogP contribution in [0.4, 0.5) is 0 Å². The quantitative estimate of drug-likeness (QED) is 0.466. The van der Waals surface area contributed by atoms with E-state index in [-0.39, 0.29) is 0 Å². The van der Waals surface area contributed by atoms with E-state index in [2.05, 4.69) is 52.4 Å². The van der Waals surface area contributed by atoms with E-state index >= 15 is 0 Å². The van der Waals surface area contributed by atoms with Crippen molar-refractivity contribution < 1.29 is 0 Å². The number of aromatic nitrogens is 2. The molecule has 0 saturated heterocycles. The summed E-state index contributed by atoms with van der Waals surface area (Å²) in [7, 11) is 0. The van der Waals surface area contributed by atoms with Crippen LogP contribution in [0.2, 0.25) is 0 Å². The van der Waals surface area contributed by atoms with Gasteiger partial charge in [-0.05, 0) is 41.3 Å². The molecule has 2 heteroatoms. The minimum Gasteiger partial charge on any atom is -0.254 e. The van der Waals surface area contributed by atoms with E-state index in [0.717, 1.165) is 22.5 Å². The van der Waals surface area contributed by atoms with Gasteiger partial charge in [0.1, 0.15) is 0 Å². The summed E-state index contributed by atoms with van der Waals surface area (Å²) in [5.41, 5.74) is 2.85. The summed E-state index contributed by atoms with van der Waals surface area (Å²) in [6.07, 6.45) is 1.93. The van der Waals surface area contributed by atoms with Gasteiger partial charge in [-0.25, -0.2) is 0 Å². The summed E-state index contributed by atoms with van der Waals surface area (Å²) in [5, 5.41) is 4.89. The van der Waals surface area contributed by atoms with E-state index in [4.69, 9.17) is 0 Å². The van der Waals surface area contributed by atoms with Crippen molar-refractivity contribution >= 4 is 21.5 Å². The Balaban J connectivity index is 2.02. The highest BCUT2D eigenvalue weighted by atomic mass is 14.8. The Hall–Kier alpha value is -2.74. The van der Waals surface area contributed by atoms with Gasteiger partial charge in [0.25, 0.3) is 0 Å². The third-order valence-electron chi connectivity index (χ3n) is 3.78. The van der Waals surface area contributed by atoms with Gasteiger partial charge >= 0.3 is 0 Å². The second-order valence-electron chi connectivity index (χ2n) is 5.24. The zero-order chi connectivity index (χ0) is 14.2. The van der Waals surface area contributed by atoms with Crippen molar-refractivity contribution in [3.8, 4) is 11.4 Å². The van der Waals surface area contributed by atoms with Gasteiger partial charge in [-0.15, -0.1) is 0 Å². The first-order valence-electron chi connectivity index (χ1n) is 7.03. The third-order valence-corrected chi connectivity index (χ3v) is 3.78. The van der Waals surface area contributed by atoms with Crippen LogP contribution < -0.4 is 0 Å². The Kier molecular flexibility index (Phi) is 2.68. The van der Waals surface area contributed by atoms with Gasteiger partial charge in [-0.1, -0.05) is 42.5 Å². The van der Waals surface area contributed by atoms with Crippen molar-refractivity contribution in [3.63, 3.8) is 0 Å². The van der Waals surface area contributed by atoms with Gasteiger partial charge in [0.15, 0.2) is 0 Å². The molecule has 2 aromatic carbocycles. The normalized spacial score (nSPS) is 11.1. The van der Waals surface area contributed by atoms with Crippen LogP contribution in [0.1, 0.15) is 5.69 Å². The molecule has 2 heterocycles. The third kappa shape index (κ3) is 2.05. The molecule has 0 aliphatic carbocycles. The number of hydrogen-bond donors (Lipinski definition) is 0. The number of nitrogens with zero attached hydrogens (tertiary/aromatic N) is 2. The molecule has 0 spiro atoms. The first kappa shape index (κ1) is 12.0. The molecule has 0 atom stereocenters. The number of benzene rings is 2. The molecule has 100 valence electrons. The maximum Gasteiger partial charge on any atom is 0.0892 e. The summed E-state index contributed by atoms with van der Waals surface area (Å²) in [5.74, 6) is 0. The van der Waals surface area contributed by atoms with Crippen LogP contribution in [-0.2, 0) is 0 Å². The second-order valence-corrected chi connectivity index (χ2v) is 5.24. The lowest BCUT2D eigenvalue weighted by atomic mass is 10.0. The van der Waals surface area contributed by atoms with E-state index in [9.17, 15) is 0 Å². The van der Waals surface area contributed by atoms with E-state index in [1.54, 1.807) is 0 Å². The van der Waals surface area contributed by atoms with Gasteiger partial charge in [-0.2, -0.15) is 0 Å². The molecule has 2 nitrogen and oxygen atoms in total. The molecule has 0 unspecified atom stereocenters. The molecule has 0 aliphatic rings. The predicted octanol–water partition coefficient (Wildman–Crippen LogP) is 4.76.